The first-order chi connectivity index (χ1) is 28.1. The average Bonchev–Trinajstić information content (AvgIpc) is 3.08. The summed E-state index contributed by atoms with van der Waals surface area (Å²) in [4.78, 5) is 25.4. The summed E-state index contributed by atoms with van der Waals surface area (Å²) >= 11 is 6.54. The number of carbonyl (C=O) groups is 2. The van der Waals surface area contributed by atoms with E-state index in [1.54, 1.807) is 79.7 Å². The Morgan fingerprint density at radius 3 is 1.15 bits per heavy atom. The highest BCUT2D eigenvalue weighted by molar-refractivity contribution is 9.10. The van der Waals surface area contributed by atoms with Gasteiger partial charge >= 0.3 is 43.2 Å². The van der Waals surface area contributed by atoms with Gasteiger partial charge in [-0.15, -0.1) is 0 Å². The third-order valence-corrected chi connectivity index (χ3v) is 10.9. The van der Waals surface area contributed by atoms with Crippen LogP contribution in [-0.4, -0.2) is 64.2 Å². The average molecular weight is 1050 g/mol. The molecule has 2 atom stereocenters. The van der Waals surface area contributed by atoms with Crippen molar-refractivity contribution in [2.75, 3.05) is 13.2 Å². The molecule has 0 radical (unpaired) electrons. The molecule has 0 aliphatic rings. The highest BCUT2D eigenvalue weighted by atomic mass is 79.9. The summed E-state index contributed by atoms with van der Waals surface area (Å²) in [6.07, 6.45) is -3.04. The van der Waals surface area contributed by atoms with Crippen molar-refractivity contribution in [1.82, 2.24) is 0 Å². The molecule has 0 aliphatic heterocycles. The molecule has 344 valence electrons. The summed E-state index contributed by atoms with van der Waals surface area (Å²) in [7, 11) is -12.1. The number of benzene rings is 4. The molecule has 0 spiro atoms. The number of halogens is 8. The third kappa shape index (κ3) is 13.2. The number of hydrogen-bond acceptors (Lipinski definition) is 12. The molecule has 0 unspecified atom stereocenters. The summed E-state index contributed by atoms with van der Waals surface area (Å²) in [6, 6.07) is 12.2. The van der Waals surface area contributed by atoms with E-state index in [2.05, 4.69) is 40.2 Å². The fourth-order valence-corrected chi connectivity index (χ4v) is 7.47. The van der Waals surface area contributed by atoms with E-state index in [0.717, 1.165) is 0 Å². The lowest BCUT2D eigenvalue weighted by Crippen LogP contribution is -2.31. The molecule has 4 aromatic rings. The molecule has 0 N–H and O–H groups in total. The SMILES string of the molecule is CCOC(=O)[C@@H](OC(C)(C)C)c1c(C)cc2cc(Br)ccc2c1OS(=O)(=O)C(F)(F)F.CCOC(=O)[C@@H](OC(C)(C)C)c1c(C)cc2cc(Br)ccc2c1OS(=O)(=O)C(F)(F)F. The van der Waals surface area contributed by atoms with Gasteiger partial charge in [-0.25, -0.2) is 9.59 Å². The van der Waals surface area contributed by atoms with Crippen molar-refractivity contribution < 1.29 is 80.1 Å². The maximum atomic E-state index is 13.1. The Balaban J connectivity index is 0.000000330. The van der Waals surface area contributed by atoms with Crippen molar-refractivity contribution in [1.29, 1.82) is 0 Å². The van der Waals surface area contributed by atoms with Crippen LogP contribution in [0, 0.1) is 13.8 Å². The van der Waals surface area contributed by atoms with Gasteiger partial charge < -0.3 is 27.3 Å². The van der Waals surface area contributed by atoms with E-state index in [-0.39, 0.29) is 35.1 Å². The van der Waals surface area contributed by atoms with Crippen LogP contribution >= 0.6 is 31.9 Å². The first-order valence-electron chi connectivity index (χ1n) is 18.3. The van der Waals surface area contributed by atoms with Gasteiger partial charge in [-0.3, -0.25) is 0 Å². The van der Waals surface area contributed by atoms with Crippen LogP contribution in [0.2, 0.25) is 0 Å². The Labute approximate surface area is 372 Å². The standard InChI is InChI=1S/2C20H22BrF3O6S/c2*1-6-28-18(25)17(29-19(3,4)5)15-11(2)9-12-10-13(21)7-8-14(12)16(15)30-31(26,27)20(22,23)24/h2*7-10,17H,6H2,1-5H3/t2*17-/m00/s1. The number of esters is 2. The van der Waals surface area contributed by atoms with E-state index >= 15 is 0 Å². The predicted octanol–water partition coefficient (Wildman–Crippen LogP) is 11.1. The number of ether oxygens (including phenoxy) is 4. The Morgan fingerprint density at radius 1 is 0.581 bits per heavy atom. The number of aryl methyl sites for hydroxylation is 2. The summed E-state index contributed by atoms with van der Waals surface area (Å²) in [6.45, 7) is 15.9. The minimum atomic E-state index is -6.03. The predicted molar refractivity (Wildman–Crippen MR) is 224 cm³/mol. The zero-order valence-electron chi connectivity index (χ0n) is 34.9. The largest absolute Gasteiger partial charge is 0.534 e. The molecule has 0 fully saturated rings. The number of fused-ring (bicyclic) bond motifs is 2. The van der Waals surface area contributed by atoms with Gasteiger partial charge in [0.2, 0.25) is 0 Å². The molecule has 4 rings (SSSR count). The lowest BCUT2D eigenvalue weighted by atomic mass is 9.96. The molecular weight excluding hydrogens is 1010 g/mol. The third-order valence-electron chi connectivity index (χ3n) is 8.02. The fourth-order valence-electron chi connectivity index (χ4n) is 5.73. The molecule has 0 aromatic heterocycles. The second-order valence-electron chi connectivity index (χ2n) is 15.3. The minimum absolute atomic E-state index is 0.0144. The van der Waals surface area contributed by atoms with Crippen LogP contribution in [0.5, 0.6) is 11.5 Å². The van der Waals surface area contributed by atoms with Crippen LogP contribution in [0.4, 0.5) is 26.3 Å². The monoisotopic (exact) mass is 1050 g/mol. The number of carbonyl (C=O) groups excluding carboxylic acids is 2. The number of alkyl halides is 6. The quantitative estimate of drug-likeness (QED) is 0.0573. The van der Waals surface area contributed by atoms with Crippen molar-refractivity contribution >= 4 is 85.6 Å². The summed E-state index contributed by atoms with van der Waals surface area (Å²) < 4.78 is 158. The molecule has 0 aliphatic carbocycles. The normalized spacial score (nSPS) is 13.8. The molecule has 0 saturated heterocycles. The minimum Gasteiger partial charge on any atom is -0.464 e. The number of rotatable bonds is 12. The van der Waals surface area contributed by atoms with Crippen LogP contribution < -0.4 is 8.37 Å². The maximum absolute atomic E-state index is 13.1. The zero-order chi connectivity index (χ0) is 47.6. The summed E-state index contributed by atoms with van der Waals surface area (Å²) in [5.41, 5.74) is -12.9. The van der Waals surface area contributed by atoms with Gasteiger partial charge in [-0.05, 0) is 128 Å². The first kappa shape index (κ1) is 52.6. The topological polar surface area (TPSA) is 158 Å². The lowest BCUT2D eigenvalue weighted by molar-refractivity contribution is -0.167. The van der Waals surface area contributed by atoms with Gasteiger partial charge in [0.05, 0.1) is 24.4 Å². The molecule has 0 bridgehead atoms. The maximum Gasteiger partial charge on any atom is 0.534 e. The molecular formula is C40H44Br2F6O12S2. The highest BCUT2D eigenvalue weighted by Gasteiger charge is 2.51. The van der Waals surface area contributed by atoms with E-state index in [0.29, 0.717) is 30.8 Å². The van der Waals surface area contributed by atoms with Gasteiger partial charge in [0.1, 0.15) is 0 Å². The van der Waals surface area contributed by atoms with Gasteiger partial charge in [0.15, 0.2) is 23.7 Å². The zero-order valence-corrected chi connectivity index (χ0v) is 39.7. The molecule has 22 heteroatoms. The van der Waals surface area contributed by atoms with Crippen molar-refractivity contribution in [3.63, 3.8) is 0 Å². The fraction of sp³-hybridized carbons (Fsp3) is 0.450. The van der Waals surface area contributed by atoms with Gasteiger partial charge in [0.25, 0.3) is 0 Å². The Bertz CT molecular complexity index is 2360. The van der Waals surface area contributed by atoms with Crippen molar-refractivity contribution in [3.05, 3.63) is 79.7 Å². The lowest BCUT2D eigenvalue weighted by Gasteiger charge is -2.29. The molecule has 0 amide bonds. The van der Waals surface area contributed by atoms with Crippen LogP contribution in [0.15, 0.2) is 57.5 Å². The molecule has 12 nitrogen and oxygen atoms in total. The van der Waals surface area contributed by atoms with Gasteiger partial charge in [-0.1, -0.05) is 44.0 Å². The highest BCUT2D eigenvalue weighted by Crippen LogP contribution is 2.45. The van der Waals surface area contributed by atoms with Crippen molar-refractivity contribution in [2.24, 2.45) is 0 Å². The summed E-state index contributed by atoms with van der Waals surface area (Å²) in [5.74, 6) is -3.04. The second kappa shape index (κ2) is 19.6. The molecule has 62 heavy (non-hydrogen) atoms. The van der Waals surface area contributed by atoms with Crippen LogP contribution in [0.25, 0.3) is 21.5 Å². The molecule has 0 saturated carbocycles. The van der Waals surface area contributed by atoms with Crippen molar-refractivity contribution in [2.45, 2.75) is 104 Å². The second-order valence-corrected chi connectivity index (χ2v) is 20.2. The molecule has 0 heterocycles. The van der Waals surface area contributed by atoms with Crippen LogP contribution in [0.1, 0.15) is 89.9 Å². The van der Waals surface area contributed by atoms with E-state index < -0.39 is 78.1 Å². The van der Waals surface area contributed by atoms with Gasteiger partial charge in [0, 0.05) is 30.8 Å². The Hall–Kier alpha value is -3.70. The van der Waals surface area contributed by atoms with Gasteiger partial charge in [-0.2, -0.15) is 43.2 Å². The van der Waals surface area contributed by atoms with E-state index in [1.165, 1.54) is 38.1 Å². The molecule has 4 aromatic carbocycles. The van der Waals surface area contributed by atoms with Crippen LogP contribution in [-0.2, 0) is 48.8 Å². The number of hydrogen-bond donors (Lipinski definition) is 0. The Morgan fingerprint density at radius 2 is 0.887 bits per heavy atom. The van der Waals surface area contributed by atoms with E-state index in [9.17, 15) is 52.8 Å². The summed E-state index contributed by atoms with van der Waals surface area (Å²) in [5, 5.41) is 0.926. The van der Waals surface area contributed by atoms with Crippen LogP contribution in [0.3, 0.4) is 0 Å². The van der Waals surface area contributed by atoms with Crippen molar-refractivity contribution in [3.8, 4) is 11.5 Å². The smallest absolute Gasteiger partial charge is 0.464 e. The van der Waals surface area contributed by atoms with E-state index in [1.807, 2.05) is 0 Å². The Kier molecular flexibility index (Phi) is 16.6. The first-order valence-corrected chi connectivity index (χ1v) is 22.7. The van der Waals surface area contributed by atoms with E-state index in [4.69, 9.17) is 18.9 Å².